The average Bonchev–Trinajstić information content (AvgIpc) is 3.14. The lowest BCUT2D eigenvalue weighted by Crippen LogP contribution is -2.29. The van der Waals surface area contributed by atoms with Crippen LogP contribution in [0, 0.1) is 0 Å². The van der Waals surface area contributed by atoms with Crippen LogP contribution in [0.4, 0.5) is 0 Å². The summed E-state index contributed by atoms with van der Waals surface area (Å²) in [5.74, 6) is 0.402. The molecule has 0 aliphatic heterocycles. The summed E-state index contributed by atoms with van der Waals surface area (Å²) in [5, 5.41) is 2.59. The molecule has 6 nitrogen and oxygen atoms in total. The zero-order valence-electron chi connectivity index (χ0n) is 15.0. The van der Waals surface area contributed by atoms with Crippen molar-refractivity contribution in [3.05, 3.63) is 87.3 Å². The summed E-state index contributed by atoms with van der Waals surface area (Å²) in [7, 11) is 0. The lowest BCUT2D eigenvalue weighted by molar-refractivity contribution is 0.478. The molecule has 2 heterocycles. The van der Waals surface area contributed by atoms with Gasteiger partial charge in [-0.1, -0.05) is 42.5 Å². The fraction of sp³-hybridized carbons (Fsp3) is 0.286. The number of hydrogen-bond donors (Lipinski definition) is 1. The molecule has 0 saturated carbocycles. The Morgan fingerprint density at radius 3 is 2.67 bits per heavy atom. The van der Waals surface area contributed by atoms with Gasteiger partial charge in [0.1, 0.15) is 0 Å². The number of aromatic amines is 1. The van der Waals surface area contributed by atoms with Gasteiger partial charge in [-0.2, -0.15) is 0 Å². The van der Waals surface area contributed by atoms with Crippen LogP contribution < -0.4 is 11.1 Å². The number of nitrogens with one attached hydrogen (secondary N) is 1. The Kier molecular flexibility index (Phi) is 4.87. The van der Waals surface area contributed by atoms with E-state index in [4.69, 9.17) is 4.98 Å². The summed E-state index contributed by atoms with van der Waals surface area (Å²) < 4.78 is 3.49. The van der Waals surface area contributed by atoms with Crippen molar-refractivity contribution in [1.29, 1.82) is 0 Å². The van der Waals surface area contributed by atoms with Gasteiger partial charge in [-0.15, -0.1) is 0 Å². The van der Waals surface area contributed by atoms with Crippen LogP contribution in [-0.4, -0.2) is 19.3 Å². The molecule has 1 aliphatic carbocycles. The van der Waals surface area contributed by atoms with E-state index in [0.29, 0.717) is 19.0 Å². The van der Waals surface area contributed by atoms with E-state index in [-0.39, 0.29) is 11.1 Å². The molecule has 2 aromatic heterocycles. The molecule has 1 unspecified atom stereocenters. The third-order valence-electron chi connectivity index (χ3n) is 5.03. The maximum absolute atomic E-state index is 12.0. The molecule has 1 aromatic carbocycles. The molecule has 1 atom stereocenters. The number of imidazole rings is 1. The molecule has 4 rings (SSSR count). The van der Waals surface area contributed by atoms with Crippen LogP contribution in [0.15, 0.2) is 70.5 Å². The van der Waals surface area contributed by atoms with Gasteiger partial charge in [0.2, 0.25) is 0 Å². The Labute approximate surface area is 156 Å². The number of H-pyrrole nitrogens is 1. The van der Waals surface area contributed by atoms with Crippen molar-refractivity contribution in [3.63, 3.8) is 0 Å². The van der Waals surface area contributed by atoms with Gasteiger partial charge in [0.25, 0.3) is 11.1 Å². The van der Waals surface area contributed by atoms with Gasteiger partial charge in [0.15, 0.2) is 0 Å². The Morgan fingerprint density at radius 1 is 1.04 bits per heavy atom. The number of aromatic nitrogens is 4. The van der Waals surface area contributed by atoms with Crippen molar-refractivity contribution in [1.82, 2.24) is 19.3 Å². The monoisotopic (exact) mass is 362 g/mol. The first-order valence-corrected chi connectivity index (χ1v) is 9.28. The highest BCUT2D eigenvalue weighted by Crippen LogP contribution is 2.35. The van der Waals surface area contributed by atoms with E-state index in [9.17, 15) is 9.59 Å². The molecule has 0 bridgehead atoms. The highest BCUT2D eigenvalue weighted by molar-refractivity contribution is 5.62. The maximum atomic E-state index is 12.0. The average molecular weight is 362 g/mol. The zero-order chi connectivity index (χ0) is 18.6. The third-order valence-corrected chi connectivity index (χ3v) is 5.03. The number of allylic oxidation sites excluding steroid dienone is 2. The number of benzene rings is 1. The maximum Gasteiger partial charge on any atom is 0.265 e. The van der Waals surface area contributed by atoms with Gasteiger partial charge in [-0.05, 0) is 19.3 Å². The van der Waals surface area contributed by atoms with Gasteiger partial charge >= 0.3 is 0 Å². The number of nitrogens with zero attached hydrogens (tertiary/aromatic N) is 3. The van der Waals surface area contributed by atoms with Gasteiger partial charge in [0, 0.05) is 35.9 Å². The van der Waals surface area contributed by atoms with Crippen molar-refractivity contribution in [2.45, 2.75) is 38.3 Å². The second kappa shape index (κ2) is 7.61. The second-order valence-electron chi connectivity index (χ2n) is 6.82. The smallest absolute Gasteiger partial charge is 0.265 e. The Morgan fingerprint density at radius 2 is 1.89 bits per heavy atom. The Bertz CT molecular complexity index is 1060. The normalized spacial score (nSPS) is 16.5. The second-order valence-corrected chi connectivity index (χ2v) is 6.82. The molecule has 0 fully saturated rings. The summed E-state index contributed by atoms with van der Waals surface area (Å²) in [6, 6.07) is 12.8. The molecular formula is C21H22N4O2. The Hall–Kier alpha value is -3.15. The van der Waals surface area contributed by atoms with E-state index in [0.717, 1.165) is 30.5 Å². The first-order chi connectivity index (χ1) is 13.2. The van der Waals surface area contributed by atoms with Crippen molar-refractivity contribution < 1.29 is 0 Å². The standard InChI is InChI=1S/C21H22N4O2/c26-18-11-12-19(27)25(23-18)14-13-24-15-22-20(16-7-3-1-4-8-16)21(24)17-9-5-2-6-10-17/h1-5,7-8,11-12,15,17H,6,9-10,13-14H2,(H,23,26). The van der Waals surface area contributed by atoms with Gasteiger partial charge < -0.3 is 4.57 Å². The third kappa shape index (κ3) is 3.69. The molecule has 0 radical (unpaired) electrons. The largest absolute Gasteiger partial charge is 0.332 e. The molecule has 138 valence electrons. The topological polar surface area (TPSA) is 72.7 Å². The highest BCUT2D eigenvalue weighted by Gasteiger charge is 2.22. The molecule has 1 aliphatic rings. The first-order valence-electron chi connectivity index (χ1n) is 9.28. The van der Waals surface area contributed by atoms with Crippen molar-refractivity contribution in [3.8, 4) is 11.3 Å². The van der Waals surface area contributed by atoms with E-state index in [1.807, 2.05) is 24.5 Å². The molecular weight excluding hydrogens is 340 g/mol. The minimum atomic E-state index is -0.275. The number of rotatable bonds is 5. The predicted molar refractivity (Wildman–Crippen MR) is 105 cm³/mol. The van der Waals surface area contributed by atoms with E-state index >= 15 is 0 Å². The Balaban J connectivity index is 1.68. The van der Waals surface area contributed by atoms with Crippen LogP contribution in [0.25, 0.3) is 11.3 Å². The van der Waals surface area contributed by atoms with E-state index < -0.39 is 0 Å². The fourth-order valence-corrected chi connectivity index (χ4v) is 3.69. The molecule has 3 aromatic rings. The summed E-state index contributed by atoms with van der Waals surface area (Å²) in [6.45, 7) is 0.976. The van der Waals surface area contributed by atoms with Gasteiger partial charge in [-0.3, -0.25) is 14.7 Å². The summed E-state index contributed by atoms with van der Waals surface area (Å²) >= 11 is 0. The fourth-order valence-electron chi connectivity index (χ4n) is 3.69. The van der Waals surface area contributed by atoms with Crippen molar-refractivity contribution in [2.75, 3.05) is 0 Å². The zero-order valence-corrected chi connectivity index (χ0v) is 15.0. The lowest BCUT2D eigenvalue weighted by Gasteiger charge is -2.21. The van der Waals surface area contributed by atoms with Crippen molar-refractivity contribution >= 4 is 0 Å². The summed E-state index contributed by atoms with van der Waals surface area (Å²) in [6.07, 6.45) is 9.46. The van der Waals surface area contributed by atoms with Crippen LogP contribution in [0.5, 0.6) is 0 Å². The van der Waals surface area contributed by atoms with Crippen LogP contribution in [0.1, 0.15) is 30.9 Å². The first kappa shape index (κ1) is 17.3. The SMILES string of the molecule is O=c1ccc(=O)n(CCn2cnc(-c3ccccc3)c2C2CC=CCC2)[nH]1. The minimum Gasteiger partial charge on any atom is -0.332 e. The van der Waals surface area contributed by atoms with Crippen LogP contribution in [0.2, 0.25) is 0 Å². The molecule has 0 saturated heterocycles. The lowest BCUT2D eigenvalue weighted by atomic mass is 9.89. The molecule has 27 heavy (non-hydrogen) atoms. The quantitative estimate of drug-likeness (QED) is 0.709. The number of hydrogen-bond acceptors (Lipinski definition) is 3. The van der Waals surface area contributed by atoms with Crippen LogP contribution in [0.3, 0.4) is 0 Å². The highest BCUT2D eigenvalue weighted by atomic mass is 16.1. The van der Waals surface area contributed by atoms with E-state index in [1.54, 1.807) is 0 Å². The van der Waals surface area contributed by atoms with E-state index in [1.165, 1.54) is 22.5 Å². The molecule has 6 heteroatoms. The predicted octanol–water partition coefficient (Wildman–Crippen LogP) is 2.92. The van der Waals surface area contributed by atoms with E-state index in [2.05, 4.69) is 34.0 Å². The summed E-state index contributed by atoms with van der Waals surface area (Å²) in [4.78, 5) is 28.2. The van der Waals surface area contributed by atoms with Crippen LogP contribution >= 0.6 is 0 Å². The minimum absolute atomic E-state index is 0.208. The molecule has 0 spiro atoms. The molecule has 1 N–H and O–H groups in total. The molecule has 0 amide bonds. The van der Waals surface area contributed by atoms with Crippen LogP contribution in [-0.2, 0) is 13.1 Å². The summed E-state index contributed by atoms with van der Waals surface area (Å²) in [5.41, 5.74) is 2.83. The van der Waals surface area contributed by atoms with Gasteiger partial charge in [0.05, 0.1) is 18.6 Å². The van der Waals surface area contributed by atoms with Gasteiger partial charge in [-0.25, -0.2) is 9.67 Å². The number of aryl methyl sites for hydroxylation is 2. The van der Waals surface area contributed by atoms with Crippen molar-refractivity contribution in [2.24, 2.45) is 0 Å².